The molecule has 2 nitrogen and oxygen atoms in total. The molecule has 0 saturated carbocycles. The highest BCUT2D eigenvalue weighted by Gasteiger charge is 2.27. The second-order valence-corrected chi connectivity index (χ2v) is 4.54. The molecule has 1 aromatic rings. The molecule has 0 spiro atoms. The molecule has 17 heavy (non-hydrogen) atoms. The minimum Gasteiger partial charge on any atom is -0.508 e. The number of hydrogen-bond acceptors (Lipinski definition) is 3. The molecule has 0 unspecified atom stereocenters. The van der Waals surface area contributed by atoms with Gasteiger partial charge in [-0.15, -0.1) is 11.8 Å². The van der Waals surface area contributed by atoms with E-state index in [9.17, 15) is 18.3 Å². The van der Waals surface area contributed by atoms with Crippen LogP contribution in [0.5, 0.6) is 5.75 Å². The first-order valence-corrected chi connectivity index (χ1v) is 6.02. The summed E-state index contributed by atoms with van der Waals surface area (Å²) in [7, 11) is 0. The van der Waals surface area contributed by atoms with Gasteiger partial charge >= 0.3 is 6.18 Å². The zero-order valence-electron chi connectivity index (χ0n) is 9.04. The van der Waals surface area contributed by atoms with Gasteiger partial charge in [0.05, 0.1) is 0 Å². The Balaban J connectivity index is 2.09. The van der Waals surface area contributed by atoms with Gasteiger partial charge in [-0.2, -0.15) is 13.2 Å². The lowest BCUT2D eigenvalue weighted by atomic mass is 10.3. The molecular formula is C11H13F3O2S. The fourth-order valence-corrected chi connectivity index (χ4v) is 1.99. The SMILES string of the molecule is Oc1cccc(SCCCOCC(F)(F)F)c1. The van der Waals surface area contributed by atoms with Gasteiger partial charge in [-0.1, -0.05) is 6.07 Å². The van der Waals surface area contributed by atoms with Gasteiger partial charge in [-0.3, -0.25) is 0 Å². The Morgan fingerprint density at radius 3 is 2.71 bits per heavy atom. The molecule has 1 aromatic carbocycles. The van der Waals surface area contributed by atoms with Gasteiger partial charge in [0.1, 0.15) is 12.4 Å². The Bertz CT molecular complexity index is 342. The summed E-state index contributed by atoms with van der Waals surface area (Å²) in [4.78, 5) is 0.890. The minimum atomic E-state index is -4.25. The molecule has 96 valence electrons. The lowest BCUT2D eigenvalue weighted by molar-refractivity contribution is -0.173. The number of benzene rings is 1. The van der Waals surface area contributed by atoms with Crippen LogP contribution in [0, 0.1) is 0 Å². The minimum absolute atomic E-state index is 0.0886. The normalized spacial score (nSPS) is 11.7. The van der Waals surface area contributed by atoms with Gasteiger partial charge in [0.15, 0.2) is 0 Å². The number of phenolic OH excluding ortho intramolecular Hbond substituents is 1. The molecule has 6 heteroatoms. The van der Waals surface area contributed by atoms with Gasteiger partial charge < -0.3 is 9.84 Å². The maximum absolute atomic E-state index is 11.7. The van der Waals surface area contributed by atoms with Gasteiger partial charge in [0, 0.05) is 17.3 Å². The first kappa shape index (κ1) is 14.2. The number of alkyl halides is 3. The molecule has 0 radical (unpaired) electrons. The summed E-state index contributed by atoms with van der Waals surface area (Å²) in [5.74, 6) is 0.838. The Labute approximate surface area is 102 Å². The van der Waals surface area contributed by atoms with Crippen LogP contribution in [0.3, 0.4) is 0 Å². The van der Waals surface area contributed by atoms with Crippen LogP contribution in [-0.4, -0.2) is 30.2 Å². The van der Waals surface area contributed by atoms with E-state index in [1.54, 1.807) is 18.2 Å². The Morgan fingerprint density at radius 2 is 2.06 bits per heavy atom. The van der Waals surface area contributed by atoms with Gasteiger partial charge in [0.2, 0.25) is 0 Å². The molecule has 1 rings (SSSR count). The van der Waals surface area contributed by atoms with Gasteiger partial charge in [-0.05, 0) is 24.6 Å². The summed E-state index contributed by atoms with van der Waals surface area (Å²) in [5.41, 5.74) is 0. The number of rotatable bonds is 6. The van der Waals surface area contributed by atoms with Crippen molar-refractivity contribution >= 4 is 11.8 Å². The lowest BCUT2D eigenvalue weighted by Crippen LogP contribution is -2.17. The van der Waals surface area contributed by atoms with Crippen molar-refractivity contribution in [1.82, 2.24) is 0 Å². The Hall–Kier alpha value is -0.880. The molecule has 1 N–H and O–H groups in total. The fraction of sp³-hybridized carbons (Fsp3) is 0.455. The maximum atomic E-state index is 11.7. The standard InChI is InChI=1S/C11H13F3O2S/c12-11(13,14)8-16-5-2-6-17-10-4-1-3-9(15)7-10/h1,3-4,7,15H,2,5-6,8H2. The predicted octanol–water partition coefficient (Wildman–Crippen LogP) is 3.45. The molecule has 0 bridgehead atoms. The Kier molecular flexibility index (Phi) is 5.64. The monoisotopic (exact) mass is 266 g/mol. The predicted molar refractivity (Wildman–Crippen MR) is 60.3 cm³/mol. The van der Waals surface area contributed by atoms with Gasteiger partial charge in [0.25, 0.3) is 0 Å². The molecule has 0 atom stereocenters. The van der Waals surface area contributed by atoms with Crippen LogP contribution in [0.4, 0.5) is 13.2 Å². The average molecular weight is 266 g/mol. The van der Waals surface area contributed by atoms with Gasteiger partial charge in [-0.25, -0.2) is 0 Å². The molecule has 0 fully saturated rings. The van der Waals surface area contributed by atoms with Crippen LogP contribution >= 0.6 is 11.8 Å². The van der Waals surface area contributed by atoms with Crippen molar-refractivity contribution in [2.45, 2.75) is 17.5 Å². The van der Waals surface area contributed by atoms with E-state index >= 15 is 0 Å². The number of thioether (sulfide) groups is 1. The van der Waals surface area contributed by atoms with E-state index in [0.717, 1.165) is 4.90 Å². The zero-order chi connectivity index (χ0) is 12.7. The third-order valence-corrected chi connectivity index (χ3v) is 2.87. The number of aromatic hydroxyl groups is 1. The summed E-state index contributed by atoms with van der Waals surface area (Å²) >= 11 is 1.47. The van der Waals surface area contributed by atoms with Crippen LogP contribution in [0.25, 0.3) is 0 Å². The third-order valence-electron chi connectivity index (χ3n) is 1.79. The highest BCUT2D eigenvalue weighted by molar-refractivity contribution is 7.99. The van der Waals surface area contributed by atoms with E-state index in [0.29, 0.717) is 12.2 Å². The molecular weight excluding hydrogens is 253 g/mol. The summed E-state index contributed by atoms with van der Waals surface area (Å²) in [6.07, 6.45) is -3.71. The van der Waals surface area contributed by atoms with E-state index in [1.165, 1.54) is 11.8 Å². The van der Waals surface area contributed by atoms with Crippen LogP contribution < -0.4 is 0 Å². The largest absolute Gasteiger partial charge is 0.508 e. The highest BCUT2D eigenvalue weighted by Crippen LogP contribution is 2.22. The number of phenols is 1. The first-order chi connectivity index (χ1) is 7.97. The Morgan fingerprint density at radius 1 is 1.29 bits per heavy atom. The van der Waals surface area contributed by atoms with E-state index < -0.39 is 12.8 Å². The summed E-state index contributed by atoms with van der Waals surface area (Å²) < 4.78 is 39.6. The topological polar surface area (TPSA) is 29.5 Å². The van der Waals surface area contributed by atoms with Crippen LogP contribution in [0.1, 0.15) is 6.42 Å². The fourth-order valence-electron chi connectivity index (χ4n) is 1.11. The molecule has 0 heterocycles. The second-order valence-electron chi connectivity index (χ2n) is 3.37. The van der Waals surface area contributed by atoms with Crippen molar-refractivity contribution in [2.75, 3.05) is 19.0 Å². The summed E-state index contributed by atoms with van der Waals surface area (Å²) in [5, 5.41) is 9.18. The van der Waals surface area contributed by atoms with E-state index in [4.69, 9.17) is 0 Å². The number of hydrogen-bond donors (Lipinski definition) is 1. The van der Waals surface area contributed by atoms with Crippen LogP contribution in [0.2, 0.25) is 0 Å². The van der Waals surface area contributed by atoms with E-state index in [-0.39, 0.29) is 12.4 Å². The highest BCUT2D eigenvalue weighted by atomic mass is 32.2. The number of ether oxygens (including phenoxy) is 1. The van der Waals surface area contributed by atoms with Crippen molar-refractivity contribution in [1.29, 1.82) is 0 Å². The van der Waals surface area contributed by atoms with Crippen LogP contribution in [-0.2, 0) is 4.74 Å². The lowest BCUT2D eigenvalue weighted by Gasteiger charge is -2.07. The maximum Gasteiger partial charge on any atom is 0.411 e. The molecule has 0 aliphatic carbocycles. The molecule has 0 aliphatic heterocycles. The van der Waals surface area contributed by atoms with Crippen molar-refractivity contribution in [2.24, 2.45) is 0 Å². The third kappa shape index (κ3) is 7.12. The number of halogens is 3. The molecule has 0 amide bonds. The first-order valence-electron chi connectivity index (χ1n) is 5.04. The van der Waals surface area contributed by atoms with Crippen molar-refractivity contribution in [3.63, 3.8) is 0 Å². The molecule has 0 aliphatic rings. The van der Waals surface area contributed by atoms with Crippen molar-refractivity contribution < 1.29 is 23.0 Å². The zero-order valence-corrected chi connectivity index (χ0v) is 9.85. The van der Waals surface area contributed by atoms with E-state index in [2.05, 4.69) is 4.74 Å². The smallest absolute Gasteiger partial charge is 0.411 e. The summed E-state index contributed by atoms with van der Waals surface area (Å²) in [6.45, 7) is -1.10. The average Bonchev–Trinajstić information content (AvgIpc) is 2.22. The molecule has 0 saturated heterocycles. The quantitative estimate of drug-likeness (QED) is 0.631. The van der Waals surface area contributed by atoms with Crippen molar-refractivity contribution in [3.05, 3.63) is 24.3 Å². The van der Waals surface area contributed by atoms with E-state index in [1.807, 2.05) is 6.07 Å². The summed E-state index contributed by atoms with van der Waals surface area (Å²) in [6, 6.07) is 6.73. The van der Waals surface area contributed by atoms with Crippen LogP contribution in [0.15, 0.2) is 29.2 Å². The van der Waals surface area contributed by atoms with Crippen molar-refractivity contribution in [3.8, 4) is 5.75 Å². The second kappa shape index (κ2) is 6.76. The molecule has 0 aromatic heterocycles.